The molecule has 0 unspecified atom stereocenters. The lowest BCUT2D eigenvalue weighted by molar-refractivity contribution is -0.384. The van der Waals surface area contributed by atoms with Gasteiger partial charge in [0.1, 0.15) is 5.82 Å². The third-order valence-corrected chi connectivity index (χ3v) is 8.23. The van der Waals surface area contributed by atoms with Gasteiger partial charge in [-0.2, -0.15) is 0 Å². The number of rotatable bonds is 12. The van der Waals surface area contributed by atoms with E-state index < -0.39 is 0 Å². The molecule has 4 aromatic carbocycles. The highest BCUT2D eigenvalue weighted by Gasteiger charge is 2.24. The molecule has 46 heavy (non-hydrogen) atoms. The first kappa shape index (κ1) is 29.4. The van der Waals surface area contributed by atoms with E-state index in [1.165, 1.54) is 6.07 Å². The molecular weight excluding hydrogens is 584 g/mol. The minimum Gasteiger partial charge on any atom is -0.454 e. The molecule has 0 aliphatic carbocycles. The Kier molecular flexibility index (Phi) is 8.26. The smallest absolute Gasteiger partial charge is 0.270 e. The predicted octanol–water partition coefficient (Wildman–Crippen LogP) is 7.59. The van der Waals surface area contributed by atoms with Crippen molar-refractivity contribution in [3.05, 3.63) is 118 Å². The normalized spacial score (nSPS) is 13.0. The number of nitro groups is 1. The van der Waals surface area contributed by atoms with Gasteiger partial charge in [0.2, 0.25) is 13.6 Å². The van der Waals surface area contributed by atoms with Gasteiger partial charge >= 0.3 is 0 Å². The van der Waals surface area contributed by atoms with Crippen molar-refractivity contribution >= 4 is 5.69 Å². The standard InChI is InChI=1S/C36H34N4O6/c1-2-3-16-39-30(35(28-10-7-11-29(19-28)40(41)42)37-36(39)27-8-5-4-6-9-27)22-38(20-25-12-14-31-33(17-25)45-23-43-31)21-26-13-15-32-34(18-26)46-24-44-32/h4-15,17-19H,2-3,16,20-24H2,1H3. The zero-order valence-electron chi connectivity index (χ0n) is 25.6. The molecule has 0 spiro atoms. The number of nitro benzene ring substituents is 1. The second kappa shape index (κ2) is 12.9. The van der Waals surface area contributed by atoms with Gasteiger partial charge in [-0.25, -0.2) is 4.98 Å². The van der Waals surface area contributed by atoms with Gasteiger partial charge in [0.05, 0.1) is 16.3 Å². The summed E-state index contributed by atoms with van der Waals surface area (Å²) >= 11 is 0. The molecule has 0 saturated carbocycles. The molecule has 0 atom stereocenters. The number of aromatic nitrogens is 2. The van der Waals surface area contributed by atoms with Crippen molar-refractivity contribution in [2.45, 2.75) is 45.9 Å². The Morgan fingerprint density at radius 2 is 1.39 bits per heavy atom. The second-order valence-electron chi connectivity index (χ2n) is 11.4. The molecule has 0 bridgehead atoms. The third-order valence-electron chi connectivity index (χ3n) is 8.23. The molecular formula is C36H34N4O6. The molecule has 2 aliphatic rings. The average molecular weight is 619 g/mol. The Hall–Kier alpha value is -5.35. The Morgan fingerprint density at radius 3 is 2.02 bits per heavy atom. The summed E-state index contributed by atoms with van der Waals surface area (Å²) in [4.78, 5) is 19.0. The van der Waals surface area contributed by atoms with Crippen molar-refractivity contribution in [2.24, 2.45) is 0 Å². The van der Waals surface area contributed by atoms with Crippen LogP contribution in [0.25, 0.3) is 22.6 Å². The highest BCUT2D eigenvalue weighted by Crippen LogP contribution is 2.37. The van der Waals surface area contributed by atoms with Crippen molar-refractivity contribution in [3.63, 3.8) is 0 Å². The van der Waals surface area contributed by atoms with E-state index in [0.29, 0.717) is 25.2 Å². The molecule has 0 radical (unpaired) electrons. The van der Waals surface area contributed by atoms with Crippen LogP contribution in [0.1, 0.15) is 36.6 Å². The van der Waals surface area contributed by atoms with E-state index in [9.17, 15) is 10.1 Å². The molecule has 10 nitrogen and oxygen atoms in total. The molecule has 3 heterocycles. The zero-order chi connectivity index (χ0) is 31.5. The number of ether oxygens (including phenoxy) is 4. The van der Waals surface area contributed by atoms with Crippen LogP contribution < -0.4 is 18.9 Å². The van der Waals surface area contributed by atoms with Crippen LogP contribution in [0.5, 0.6) is 23.0 Å². The van der Waals surface area contributed by atoms with E-state index in [-0.39, 0.29) is 24.2 Å². The van der Waals surface area contributed by atoms with Gasteiger partial charge < -0.3 is 23.5 Å². The number of imidazole rings is 1. The first-order valence-electron chi connectivity index (χ1n) is 15.4. The summed E-state index contributed by atoms with van der Waals surface area (Å²) in [6.07, 6.45) is 1.97. The number of fused-ring (bicyclic) bond motifs is 2. The number of hydrogen-bond acceptors (Lipinski definition) is 8. The lowest BCUT2D eigenvalue weighted by Gasteiger charge is -2.25. The monoisotopic (exact) mass is 618 g/mol. The van der Waals surface area contributed by atoms with Gasteiger partial charge in [-0.05, 0) is 41.8 Å². The fourth-order valence-electron chi connectivity index (χ4n) is 5.98. The zero-order valence-corrected chi connectivity index (χ0v) is 25.6. The van der Waals surface area contributed by atoms with E-state index in [1.807, 2.05) is 48.5 Å². The van der Waals surface area contributed by atoms with Crippen molar-refractivity contribution in [2.75, 3.05) is 13.6 Å². The third kappa shape index (κ3) is 6.12. The summed E-state index contributed by atoms with van der Waals surface area (Å²) in [6, 6.07) is 28.9. The van der Waals surface area contributed by atoms with Gasteiger partial charge in [0, 0.05) is 49.4 Å². The first-order valence-corrected chi connectivity index (χ1v) is 15.4. The van der Waals surface area contributed by atoms with Gasteiger partial charge in [-0.3, -0.25) is 15.0 Å². The minimum atomic E-state index is -0.360. The van der Waals surface area contributed by atoms with Crippen LogP contribution in [0, 0.1) is 10.1 Å². The van der Waals surface area contributed by atoms with Crippen molar-refractivity contribution in [1.29, 1.82) is 0 Å². The highest BCUT2D eigenvalue weighted by molar-refractivity contribution is 5.70. The molecule has 0 N–H and O–H groups in total. The van der Waals surface area contributed by atoms with E-state index in [0.717, 1.165) is 76.3 Å². The minimum absolute atomic E-state index is 0.0328. The van der Waals surface area contributed by atoms with Crippen molar-refractivity contribution < 1.29 is 23.9 Å². The maximum absolute atomic E-state index is 11.8. The van der Waals surface area contributed by atoms with Gasteiger partial charge in [-0.1, -0.05) is 67.9 Å². The summed E-state index contributed by atoms with van der Waals surface area (Å²) in [5.74, 6) is 3.79. The summed E-state index contributed by atoms with van der Waals surface area (Å²) in [7, 11) is 0. The van der Waals surface area contributed by atoms with Crippen LogP contribution in [0.2, 0.25) is 0 Å². The predicted molar refractivity (Wildman–Crippen MR) is 173 cm³/mol. The SMILES string of the molecule is CCCCn1c(-c2ccccc2)nc(-c2cccc([N+](=O)[O-])c2)c1CN(Cc1ccc2c(c1)OCO2)Cc1ccc2c(c1)OCO2. The topological polar surface area (TPSA) is 101 Å². The molecule has 0 fully saturated rings. The van der Waals surface area contributed by atoms with Gasteiger partial charge in [0.15, 0.2) is 23.0 Å². The quantitative estimate of drug-likeness (QED) is 0.104. The molecule has 7 rings (SSSR count). The van der Waals surface area contributed by atoms with E-state index in [4.69, 9.17) is 23.9 Å². The second-order valence-corrected chi connectivity index (χ2v) is 11.4. The largest absolute Gasteiger partial charge is 0.454 e. The molecule has 10 heteroatoms. The number of unbranched alkanes of at least 4 members (excludes halogenated alkanes) is 1. The molecule has 5 aromatic rings. The van der Waals surface area contributed by atoms with Crippen LogP contribution >= 0.6 is 0 Å². The summed E-state index contributed by atoms with van der Waals surface area (Å²) < 4.78 is 24.8. The first-order chi connectivity index (χ1) is 22.6. The fraction of sp³-hybridized carbons (Fsp3) is 0.250. The summed E-state index contributed by atoms with van der Waals surface area (Å²) in [6.45, 7) is 5.12. The molecule has 1 aromatic heterocycles. The van der Waals surface area contributed by atoms with Crippen LogP contribution in [-0.2, 0) is 26.2 Å². The van der Waals surface area contributed by atoms with Crippen LogP contribution in [0.3, 0.4) is 0 Å². The Morgan fingerprint density at radius 1 is 0.761 bits per heavy atom. The lowest BCUT2D eigenvalue weighted by atomic mass is 10.1. The maximum Gasteiger partial charge on any atom is 0.270 e. The fourth-order valence-corrected chi connectivity index (χ4v) is 5.98. The van der Waals surface area contributed by atoms with Crippen molar-refractivity contribution in [1.82, 2.24) is 14.5 Å². The van der Waals surface area contributed by atoms with Gasteiger partial charge in [0.25, 0.3) is 5.69 Å². The number of non-ortho nitro benzene ring substituents is 1. The summed E-state index contributed by atoms with van der Waals surface area (Å²) in [5, 5.41) is 11.8. The number of benzene rings is 4. The summed E-state index contributed by atoms with van der Waals surface area (Å²) in [5.41, 5.74) is 5.62. The van der Waals surface area contributed by atoms with Crippen molar-refractivity contribution in [3.8, 4) is 45.6 Å². The molecule has 234 valence electrons. The van der Waals surface area contributed by atoms with Crippen LogP contribution in [0.15, 0.2) is 91.0 Å². The molecule has 2 aliphatic heterocycles. The molecule has 0 saturated heterocycles. The van der Waals surface area contributed by atoms with Crippen LogP contribution in [-0.4, -0.2) is 33.0 Å². The number of nitrogens with zero attached hydrogens (tertiary/aromatic N) is 4. The molecule has 0 amide bonds. The Bertz CT molecular complexity index is 1810. The lowest BCUT2D eigenvalue weighted by Crippen LogP contribution is -2.24. The number of hydrogen-bond donors (Lipinski definition) is 0. The Balaban J connectivity index is 1.34. The average Bonchev–Trinajstić information content (AvgIpc) is 3.83. The van der Waals surface area contributed by atoms with Gasteiger partial charge in [-0.15, -0.1) is 0 Å². The highest BCUT2D eigenvalue weighted by atomic mass is 16.7. The van der Waals surface area contributed by atoms with E-state index >= 15 is 0 Å². The van der Waals surface area contributed by atoms with Crippen LogP contribution in [0.4, 0.5) is 5.69 Å². The Labute approximate surface area is 266 Å². The van der Waals surface area contributed by atoms with E-state index in [1.54, 1.807) is 12.1 Å². The maximum atomic E-state index is 11.8. The van der Waals surface area contributed by atoms with E-state index in [2.05, 4.69) is 40.7 Å².